The van der Waals surface area contributed by atoms with Gasteiger partial charge in [0, 0.05) is 32.7 Å². The topological polar surface area (TPSA) is 32.8 Å². The molecule has 0 bridgehead atoms. The molecule has 4 nitrogen and oxygen atoms in total. The van der Waals surface area contributed by atoms with Gasteiger partial charge in [0.15, 0.2) is 6.10 Å². The Morgan fingerprint density at radius 1 is 1.00 bits per heavy atom. The molecule has 1 aliphatic rings. The highest BCUT2D eigenvalue weighted by molar-refractivity contribution is 5.81. The summed E-state index contributed by atoms with van der Waals surface area (Å²) in [7, 11) is 0. The minimum atomic E-state index is -0.457. The molecule has 0 radical (unpaired) electrons. The van der Waals surface area contributed by atoms with Crippen molar-refractivity contribution >= 4 is 5.91 Å². The molecular weight excluding hydrogens is 312 g/mol. The second-order valence-electron chi connectivity index (χ2n) is 6.61. The molecule has 132 valence electrons. The monoisotopic (exact) mass is 338 g/mol. The molecule has 0 aromatic heterocycles. The summed E-state index contributed by atoms with van der Waals surface area (Å²) in [6.45, 7) is 8.09. The largest absolute Gasteiger partial charge is 0.481 e. The number of piperazine rings is 1. The zero-order valence-corrected chi connectivity index (χ0v) is 15.0. The molecule has 1 heterocycles. The van der Waals surface area contributed by atoms with Crippen LogP contribution in [0.25, 0.3) is 0 Å². The first kappa shape index (κ1) is 17.5. The number of carbonyl (C=O) groups excluding carboxylic acids is 1. The molecule has 2 aromatic carbocycles. The first-order chi connectivity index (χ1) is 12.1. The minimum Gasteiger partial charge on any atom is -0.481 e. The third-order valence-electron chi connectivity index (χ3n) is 4.68. The van der Waals surface area contributed by atoms with E-state index in [9.17, 15) is 4.79 Å². The number of hydrogen-bond acceptors (Lipinski definition) is 3. The number of para-hydroxylation sites is 1. The van der Waals surface area contributed by atoms with Crippen molar-refractivity contribution in [3.05, 3.63) is 65.7 Å². The van der Waals surface area contributed by atoms with Crippen molar-refractivity contribution in [2.24, 2.45) is 0 Å². The Bertz CT molecular complexity index is 694. The summed E-state index contributed by atoms with van der Waals surface area (Å²) < 4.78 is 5.88. The lowest BCUT2D eigenvalue weighted by atomic mass is 10.2. The number of hydrogen-bond donors (Lipinski definition) is 0. The third kappa shape index (κ3) is 4.60. The van der Waals surface area contributed by atoms with Crippen LogP contribution in [0.4, 0.5) is 0 Å². The maximum absolute atomic E-state index is 12.7. The summed E-state index contributed by atoms with van der Waals surface area (Å²) in [6, 6.07) is 18.3. The Kier molecular flexibility index (Phi) is 5.71. The predicted octanol–water partition coefficient (Wildman–Crippen LogP) is 3.11. The van der Waals surface area contributed by atoms with Gasteiger partial charge < -0.3 is 9.64 Å². The van der Waals surface area contributed by atoms with Gasteiger partial charge in [-0.2, -0.15) is 0 Å². The van der Waals surface area contributed by atoms with Crippen LogP contribution in [0, 0.1) is 6.92 Å². The highest BCUT2D eigenvalue weighted by Gasteiger charge is 2.26. The summed E-state index contributed by atoms with van der Waals surface area (Å²) in [4.78, 5) is 17.0. The molecule has 0 aliphatic carbocycles. The van der Waals surface area contributed by atoms with Crippen LogP contribution < -0.4 is 4.74 Å². The van der Waals surface area contributed by atoms with Crippen LogP contribution in [-0.4, -0.2) is 48.0 Å². The summed E-state index contributed by atoms with van der Waals surface area (Å²) in [5, 5.41) is 0. The average molecular weight is 338 g/mol. The first-order valence-corrected chi connectivity index (χ1v) is 8.91. The molecule has 1 aliphatic heterocycles. The maximum atomic E-state index is 12.7. The number of aryl methyl sites for hydroxylation is 1. The van der Waals surface area contributed by atoms with E-state index in [2.05, 4.69) is 29.2 Å². The fourth-order valence-electron chi connectivity index (χ4n) is 3.15. The fraction of sp³-hybridized carbons (Fsp3) is 0.381. The summed E-state index contributed by atoms with van der Waals surface area (Å²) in [6.07, 6.45) is -0.457. The molecule has 0 N–H and O–H groups in total. The molecule has 1 saturated heterocycles. The lowest BCUT2D eigenvalue weighted by molar-refractivity contribution is -0.139. The van der Waals surface area contributed by atoms with Gasteiger partial charge in [-0.05, 0) is 31.0 Å². The second kappa shape index (κ2) is 8.17. The molecule has 25 heavy (non-hydrogen) atoms. The van der Waals surface area contributed by atoms with Crippen molar-refractivity contribution in [1.82, 2.24) is 9.80 Å². The molecule has 1 amide bonds. The first-order valence-electron chi connectivity index (χ1n) is 8.91. The van der Waals surface area contributed by atoms with Crippen molar-refractivity contribution in [1.29, 1.82) is 0 Å². The summed E-state index contributed by atoms with van der Waals surface area (Å²) >= 11 is 0. The Balaban J connectivity index is 1.50. The van der Waals surface area contributed by atoms with Crippen molar-refractivity contribution in [2.75, 3.05) is 26.2 Å². The van der Waals surface area contributed by atoms with Gasteiger partial charge in [-0.15, -0.1) is 0 Å². The van der Waals surface area contributed by atoms with Crippen LogP contribution in [-0.2, 0) is 11.3 Å². The Labute approximate surface area is 150 Å². The van der Waals surface area contributed by atoms with Crippen LogP contribution in [0.15, 0.2) is 54.6 Å². The molecule has 3 rings (SSSR count). The Morgan fingerprint density at radius 3 is 2.32 bits per heavy atom. The van der Waals surface area contributed by atoms with Crippen LogP contribution in [0.1, 0.15) is 18.1 Å². The van der Waals surface area contributed by atoms with Crippen LogP contribution >= 0.6 is 0 Å². The van der Waals surface area contributed by atoms with E-state index in [-0.39, 0.29) is 5.91 Å². The Morgan fingerprint density at radius 2 is 1.64 bits per heavy atom. The van der Waals surface area contributed by atoms with Crippen LogP contribution in [0.2, 0.25) is 0 Å². The highest BCUT2D eigenvalue weighted by Crippen LogP contribution is 2.19. The lowest BCUT2D eigenvalue weighted by Crippen LogP contribution is -2.51. The zero-order chi connectivity index (χ0) is 17.6. The second-order valence-corrected chi connectivity index (χ2v) is 6.61. The zero-order valence-electron chi connectivity index (χ0n) is 15.0. The maximum Gasteiger partial charge on any atom is 0.263 e. The van der Waals surface area contributed by atoms with Gasteiger partial charge in [0.1, 0.15) is 5.75 Å². The van der Waals surface area contributed by atoms with E-state index < -0.39 is 6.10 Å². The number of nitrogens with zero attached hydrogens (tertiary/aromatic N) is 2. The molecule has 1 unspecified atom stereocenters. The van der Waals surface area contributed by atoms with Gasteiger partial charge in [-0.3, -0.25) is 9.69 Å². The molecule has 1 atom stereocenters. The number of rotatable bonds is 5. The number of benzene rings is 2. The summed E-state index contributed by atoms with van der Waals surface area (Å²) in [5.74, 6) is 0.855. The number of amides is 1. The average Bonchev–Trinajstić information content (AvgIpc) is 2.64. The normalized spacial score (nSPS) is 16.5. The molecular formula is C21H26N2O2. The molecule has 2 aromatic rings. The van der Waals surface area contributed by atoms with Gasteiger partial charge >= 0.3 is 0 Å². The number of ether oxygens (including phenoxy) is 1. The van der Waals surface area contributed by atoms with Crippen molar-refractivity contribution < 1.29 is 9.53 Å². The van der Waals surface area contributed by atoms with Crippen LogP contribution in [0.3, 0.4) is 0 Å². The van der Waals surface area contributed by atoms with E-state index >= 15 is 0 Å². The predicted molar refractivity (Wildman–Crippen MR) is 99.6 cm³/mol. The minimum absolute atomic E-state index is 0.0719. The molecule has 4 heteroatoms. The van der Waals surface area contributed by atoms with Gasteiger partial charge in [-0.1, -0.05) is 48.5 Å². The van der Waals surface area contributed by atoms with E-state index in [1.807, 2.05) is 49.1 Å². The standard InChI is InChI=1S/C21H26N2O2/c1-17-8-6-7-11-20(17)25-18(2)21(24)23-14-12-22(13-15-23)16-19-9-4-3-5-10-19/h3-11,18H,12-16H2,1-2H3. The van der Waals surface area contributed by atoms with E-state index in [0.717, 1.165) is 44.0 Å². The van der Waals surface area contributed by atoms with E-state index in [4.69, 9.17) is 4.74 Å². The smallest absolute Gasteiger partial charge is 0.263 e. The SMILES string of the molecule is Cc1ccccc1OC(C)C(=O)N1CCN(Cc2ccccc2)CC1. The van der Waals surface area contributed by atoms with Crippen LogP contribution in [0.5, 0.6) is 5.75 Å². The molecule has 0 spiro atoms. The van der Waals surface area contributed by atoms with Gasteiger partial charge in [-0.25, -0.2) is 0 Å². The fourth-order valence-corrected chi connectivity index (χ4v) is 3.15. The highest BCUT2D eigenvalue weighted by atomic mass is 16.5. The lowest BCUT2D eigenvalue weighted by Gasteiger charge is -2.36. The van der Waals surface area contributed by atoms with Gasteiger partial charge in [0.2, 0.25) is 0 Å². The third-order valence-corrected chi connectivity index (χ3v) is 4.68. The van der Waals surface area contributed by atoms with Gasteiger partial charge in [0.05, 0.1) is 0 Å². The molecule has 0 saturated carbocycles. The quantitative estimate of drug-likeness (QED) is 0.840. The van der Waals surface area contributed by atoms with E-state index in [1.54, 1.807) is 0 Å². The van der Waals surface area contributed by atoms with Crippen molar-refractivity contribution in [3.8, 4) is 5.75 Å². The van der Waals surface area contributed by atoms with E-state index in [1.165, 1.54) is 5.56 Å². The van der Waals surface area contributed by atoms with E-state index in [0.29, 0.717) is 0 Å². The molecule has 1 fully saturated rings. The van der Waals surface area contributed by atoms with Gasteiger partial charge in [0.25, 0.3) is 5.91 Å². The number of carbonyl (C=O) groups is 1. The summed E-state index contributed by atoms with van der Waals surface area (Å²) in [5.41, 5.74) is 2.37. The van der Waals surface area contributed by atoms with Crippen molar-refractivity contribution in [2.45, 2.75) is 26.5 Å². The Hall–Kier alpha value is -2.33. The van der Waals surface area contributed by atoms with Crippen molar-refractivity contribution in [3.63, 3.8) is 0 Å².